The third-order valence-corrected chi connectivity index (χ3v) is 4.97. The molecule has 1 saturated heterocycles. The van der Waals surface area contributed by atoms with Gasteiger partial charge in [0.05, 0.1) is 6.20 Å². The minimum Gasteiger partial charge on any atom is -0.445 e. The van der Waals surface area contributed by atoms with Crippen LogP contribution in [0.5, 0.6) is 0 Å². The van der Waals surface area contributed by atoms with Crippen LogP contribution in [0.25, 0.3) is 0 Å². The molecule has 1 N–H and O–H groups in total. The molecule has 2 amide bonds. The molecule has 1 aromatic heterocycles. The number of carbonyl (C=O) groups excluding carboxylic acids is 2. The highest BCUT2D eigenvalue weighted by Gasteiger charge is 2.24. The fourth-order valence-electron chi connectivity index (χ4n) is 3.38. The number of benzene rings is 1. The number of amides is 2. The van der Waals surface area contributed by atoms with E-state index in [4.69, 9.17) is 9.15 Å². The van der Waals surface area contributed by atoms with Gasteiger partial charge < -0.3 is 14.1 Å². The monoisotopic (exact) mass is 385 g/mol. The van der Waals surface area contributed by atoms with Crippen molar-refractivity contribution in [3.63, 3.8) is 0 Å². The van der Waals surface area contributed by atoms with Gasteiger partial charge in [-0.1, -0.05) is 26.0 Å². The normalized spacial score (nSPS) is 14.9. The maximum absolute atomic E-state index is 12.1. The molecule has 0 saturated carbocycles. The Bertz CT molecular complexity index is 763. The van der Waals surface area contributed by atoms with Crippen molar-refractivity contribution in [1.29, 1.82) is 0 Å². The second-order valence-corrected chi connectivity index (χ2v) is 7.49. The number of aromatic nitrogens is 1. The molecule has 150 valence electrons. The molecule has 1 fully saturated rings. The van der Waals surface area contributed by atoms with E-state index in [0.29, 0.717) is 17.4 Å². The summed E-state index contributed by atoms with van der Waals surface area (Å²) in [5.41, 5.74) is 1.91. The highest BCUT2D eigenvalue weighted by molar-refractivity contribution is 5.84. The second kappa shape index (κ2) is 9.39. The topological polar surface area (TPSA) is 84.7 Å². The molecule has 0 aliphatic carbocycles. The number of anilines is 1. The minimum absolute atomic E-state index is 0.0436. The van der Waals surface area contributed by atoms with E-state index >= 15 is 0 Å². The van der Waals surface area contributed by atoms with E-state index in [0.717, 1.165) is 32.4 Å². The predicted octanol–water partition coefficient (Wildman–Crippen LogP) is 3.86. The van der Waals surface area contributed by atoms with E-state index in [-0.39, 0.29) is 18.4 Å². The Morgan fingerprint density at radius 2 is 1.96 bits per heavy atom. The number of piperidine rings is 1. The molecule has 3 rings (SSSR count). The van der Waals surface area contributed by atoms with Crippen molar-refractivity contribution in [1.82, 2.24) is 9.88 Å². The molecule has 2 heterocycles. The molecule has 0 bridgehead atoms. The summed E-state index contributed by atoms with van der Waals surface area (Å²) >= 11 is 0. The maximum Gasteiger partial charge on any atom is 0.412 e. The SMILES string of the molecule is CC(C)C(=O)N1CCC(Cc2ccc(NC(=O)OCc3cnco3)cc2)CC1. The second-order valence-electron chi connectivity index (χ2n) is 7.49. The van der Waals surface area contributed by atoms with Crippen molar-refractivity contribution in [2.75, 3.05) is 18.4 Å². The Morgan fingerprint density at radius 3 is 2.57 bits per heavy atom. The van der Waals surface area contributed by atoms with Crippen molar-refractivity contribution in [3.05, 3.63) is 48.2 Å². The third-order valence-electron chi connectivity index (χ3n) is 4.97. The van der Waals surface area contributed by atoms with Crippen LogP contribution in [0.3, 0.4) is 0 Å². The molecule has 2 aromatic rings. The number of carbonyl (C=O) groups is 2. The number of ether oxygens (including phenoxy) is 1. The van der Waals surface area contributed by atoms with Gasteiger partial charge in [-0.15, -0.1) is 0 Å². The summed E-state index contributed by atoms with van der Waals surface area (Å²) in [4.78, 5) is 29.6. The lowest BCUT2D eigenvalue weighted by Gasteiger charge is -2.33. The number of oxazole rings is 1. The van der Waals surface area contributed by atoms with Crippen LogP contribution in [0.1, 0.15) is 38.0 Å². The first kappa shape index (κ1) is 19.9. The summed E-state index contributed by atoms with van der Waals surface area (Å²) < 4.78 is 10.1. The molecule has 0 radical (unpaired) electrons. The van der Waals surface area contributed by atoms with Crippen LogP contribution < -0.4 is 5.32 Å². The Morgan fingerprint density at radius 1 is 1.25 bits per heavy atom. The van der Waals surface area contributed by atoms with Gasteiger partial charge in [-0.2, -0.15) is 0 Å². The number of rotatable bonds is 6. The van der Waals surface area contributed by atoms with Crippen LogP contribution in [0.4, 0.5) is 10.5 Å². The summed E-state index contributed by atoms with van der Waals surface area (Å²) in [5, 5.41) is 2.70. The Hall–Kier alpha value is -2.83. The van der Waals surface area contributed by atoms with Crippen LogP contribution in [-0.2, 0) is 22.6 Å². The first-order valence-electron chi connectivity index (χ1n) is 9.70. The van der Waals surface area contributed by atoms with Gasteiger partial charge in [-0.05, 0) is 42.9 Å². The van der Waals surface area contributed by atoms with E-state index in [1.807, 2.05) is 43.0 Å². The zero-order chi connectivity index (χ0) is 19.9. The highest BCUT2D eigenvalue weighted by Crippen LogP contribution is 2.23. The molecule has 7 heteroatoms. The Balaban J connectivity index is 1.42. The van der Waals surface area contributed by atoms with E-state index in [1.165, 1.54) is 18.2 Å². The smallest absolute Gasteiger partial charge is 0.412 e. The average molecular weight is 385 g/mol. The van der Waals surface area contributed by atoms with Gasteiger partial charge in [0.25, 0.3) is 0 Å². The van der Waals surface area contributed by atoms with Gasteiger partial charge in [-0.3, -0.25) is 10.1 Å². The number of hydrogen-bond acceptors (Lipinski definition) is 5. The van der Waals surface area contributed by atoms with Gasteiger partial charge >= 0.3 is 6.09 Å². The first-order valence-corrected chi connectivity index (χ1v) is 9.70. The summed E-state index contributed by atoms with van der Waals surface area (Å²) in [5.74, 6) is 1.40. The van der Waals surface area contributed by atoms with Crippen LogP contribution >= 0.6 is 0 Å². The molecule has 28 heavy (non-hydrogen) atoms. The van der Waals surface area contributed by atoms with Gasteiger partial charge in [0, 0.05) is 24.7 Å². The van der Waals surface area contributed by atoms with Crippen molar-refractivity contribution in [3.8, 4) is 0 Å². The van der Waals surface area contributed by atoms with Gasteiger partial charge in [0.15, 0.2) is 18.8 Å². The van der Waals surface area contributed by atoms with Crippen molar-refractivity contribution in [2.45, 2.75) is 39.7 Å². The Kier molecular flexibility index (Phi) is 6.68. The Labute approximate surface area is 165 Å². The maximum atomic E-state index is 12.1. The lowest BCUT2D eigenvalue weighted by atomic mass is 9.89. The van der Waals surface area contributed by atoms with E-state index in [2.05, 4.69) is 10.3 Å². The van der Waals surface area contributed by atoms with Crippen LogP contribution in [0, 0.1) is 11.8 Å². The highest BCUT2D eigenvalue weighted by atomic mass is 16.6. The van der Waals surface area contributed by atoms with Crippen molar-refractivity contribution in [2.24, 2.45) is 11.8 Å². The van der Waals surface area contributed by atoms with Crippen molar-refractivity contribution < 1.29 is 18.7 Å². The molecule has 1 aliphatic heterocycles. The van der Waals surface area contributed by atoms with E-state index < -0.39 is 6.09 Å². The molecule has 1 aromatic carbocycles. The number of hydrogen-bond donors (Lipinski definition) is 1. The number of nitrogens with one attached hydrogen (secondary N) is 1. The first-order chi connectivity index (χ1) is 13.5. The summed E-state index contributed by atoms with van der Waals surface area (Å²) in [7, 11) is 0. The fraction of sp³-hybridized carbons (Fsp3) is 0.476. The summed E-state index contributed by atoms with van der Waals surface area (Å²) in [6.07, 6.45) is 5.32. The molecule has 1 aliphatic rings. The lowest BCUT2D eigenvalue weighted by molar-refractivity contribution is -0.135. The summed E-state index contributed by atoms with van der Waals surface area (Å²) in [6, 6.07) is 7.81. The quantitative estimate of drug-likeness (QED) is 0.816. The zero-order valence-electron chi connectivity index (χ0n) is 16.4. The molecular formula is C21H27N3O4. The molecular weight excluding hydrogens is 358 g/mol. The molecule has 7 nitrogen and oxygen atoms in total. The zero-order valence-corrected chi connectivity index (χ0v) is 16.4. The van der Waals surface area contributed by atoms with Gasteiger partial charge in [0.2, 0.25) is 5.91 Å². The summed E-state index contributed by atoms with van der Waals surface area (Å²) in [6.45, 7) is 5.64. The van der Waals surface area contributed by atoms with Crippen molar-refractivity contribution >= 4 is 17.7 Å². The largest absolute Gasteiger partial charge is 0.445 e. The average Bonchev–Trinajstić information content (AvgIpc) is 3.21. The van der Waals surface area contributed by atoms with Crippen LogP contribution in [0.15, 0.2) is 41.3 Å². The van der Waals surface area contributed by atoms with Gasteiger partial charge in [-0.25, -0.2) is 9.78 Å². The van der Waals surface area contributed by atoms with Gasteiger partial charge in [0.1, 0.15) is 0 Å². The standard InChI is InChI=1S/C21H27N3O4/c1-15(2)20(25)24-9-7-17(8-10-24)11-16-3-5-18(6-4-16)23-21(26)27-13-19-12-22-14-28-19/h3-6,12,14-15,17H,7-11,13H2,1-2H3,(H,23,26). The van der Waals surface area contributed by atoms with Crippen LogP contribution in [0.2, 0.25) is 0 Å². The number of likely N-dealkylation sites (tertiary alicyclic amines) is 1. The van der Waals surface area contributed by atoms with E-state index in [9.17, 15) is 9.59 Å². The lowest BCUT2D eigenvalue weighted by Crippen LogP contribution is -2.40. The third kappa shape index (κ3) is 5.58. The minimum atomic E-state index is -0.536. The predicted molar refractivity (Wildman–Crippen MR) is 105 cm³/mol. The molecule has 0 spiro atoms. The fourth-order valence-corrected chi connectivity index (χ4v) is 3.38. The molecule has 0 atom stereocenters. The molecule has 0 unspecified atom stereocenters. The number of nitrogens with zero attached hydrogens (tertiary/aromatic N) is 2. The van der Waals surface area contributed by atoms with E-state index in [1.54, 1.807) is 0 Å². The van der Waals surface area contributed by atoms with Crippen LogP contribution in [-0.4, -0.2) is 35.0 Å².